The molecule has 0 heterocycles. The fourth-order valence-electron chi connectivity index (χ4n) is 2.67. The maximum atomic E-state index is 13.9. The maximum Gasteiger partial charge on any atom is 0.326 e. The van der Waals surface area contributed by atoms with Gasteiger partial charge in [-0.3, -0.25) is 9.59 Å². The number of amides is 2. The minimum Gasteiger partial charge on any atom is -0.480 e. The summed E-state index contributed by atoms with van der Waals surface area (Å²) in [5, 5.41) is 14.4. The molecule has 0 aliphatic rings. The van der Waals surface area contributed by atoms with Crippen molar-refractivity contribution in [1.29, 1.82) is 0 Å². The topological polar surface area (TPSA) is 95.5 Å². The lowest BCUT2D eigenvalue weighted by Gasteiger charge is -2.21. The average molecular weight is 498 g/mol. The van der Waals surface area contributed by atoms with Crippen LogP contribution in [-0.2, 0) is 27.2 Å². The van der Waals surface area contributed by atoms with Crippen molar-refractivity contribution in [2.75, 3.05) is 0 Å². The molecule has 0 radical (unpaired) electrons. The number of halogens is 2. The van der Waals surface area contributed by atoms with E-state index in [1.807, 2.05) is 12.1 Å². The van der Waals surface area contributed by atoms with Crippen LogP contribution in [0.1, 0.15) is 18.1 Å². The number of hydrogen-bond acceptors (Lipinski definition) is 3. The molecule has 2 aromatic rings. The average Bonchev–Trinajstić information content (AvgIpc) is 2.63. The Kier molecular flexibility index (Phi) is 7.91. The highest BCUT2D eigenvalue weighted by atomic mass is 127. The summed E-state index contributed by atoms with van der Waals surface area (Å²) in [5.74, 6) is -2.85. The number of rotatable bonds is 8. The Morgan fingerprint density at radius 3 is 2.21 bits per heavy atom. The monoisotopic (exact) mass is 498 g/mol. The number of carbonyl (C=O) groups excluding carboxylic acids is 2. The van der Waals surface area contributed by atoms with Gasteiger partial charge in [0.2, 0.25) is 11.8 Å². The van der Waals surface area contributed by atoms with Gasteiger partial charge in [0, 0.05) is 23.3 Å². The molecule has 8 heteroatoms. The summed E-state index contributed by atoms with van der Waals surface area (Å²) in [4.78, 5) is 35.7. The summed E-state index contributed by atoms with van der Waals surface area (Å²) >= 11 is 2.14. The van der Waals surface area contributed by atoms with E-state index in [1.54, 1.807) is 18.2 Å². The Hall–Kier alpha value is -2.49. The molecule has 2 rings (SSSR count). The summed E-state index contributed by atoms with van der Waals surface area (Å²) in [7, 11) is 0. The van der Waals surface area contributed by atoms with Crippen LogP contribution in [0.4, 0.5) is 4.39 Å². The van der Waals surface area contributed by atoms with Gasteiger partial charge in [0.25, 0.3) is 0 Å². The zero-order valence-electron chi connectivity index (χ0n) is 15.1. The fourth-order valence-corrected chi connectivity index (χ4v) is 3.03. The van der Waals surface area contributed by atoms with E-state index in [0.29, 0.717) is 0 Å². The van der Waals surface area contributed by atoms with Gasteiger partial charge < -0.3 is 15.7 Å². The summed E-state index contributed by atoms with van der Waals surface area (Å²) in [6.07, 6.45) is -0.00155. The quantitative estimate of drug-likeness (QED) is 0.487. The van der Waals surface area contributed by atoms with E-state index in [9.17, 15) is 23.9 Å². The van der Waals surface area contributed by atoms with Crippen molar-refractivity contribution in [3.63, 3.8) is 0 Å². The number of nitrogens with one attached hydrogen (secondary N) is 2. The van der Waals surface area contributed by atoms with E-state index < -0.39 is 35.7 Å². The highest BCUT2D eigenvalue weighted by Gasteiger charge is 2.27. The molecule has 0 aliphatic heterocycles. The van der Waals surface area contributed by atoms with Crippen LogP contribution >= 0.6 is 22.6 Å². The van der Waals surface area contributed by atoms with E-state index in [1.165, 1.54) is 25.1 Å². The van der Waals surface area contributed by atoms with Crippen LogP contribution in [0, 0.1) is 9.39 Å². The molecule has 148 valence electrons. The molecule has 0 aliphatic carbocycles. The molecule has 0 saturated heterocycles. The largest absolute Gasteiger partial charge is 0.480 e. The van der Waals surface area contributed by atoms with E-state index in [4.69, 9.17) is 0 Å². The van der Waals surface area contributed by atoms with Crippen LogP contribution in [-0.4, -0.2) is 35.0 Å². The first-order chi connectivity index (χ1) is 13.3. The normalized spacial score (nSPS) is 12.7. The van der Waals surface area contributed by atoms with Crippen LogP contribution < -0.4 is 10.6 Å². The molecule has 28 heavy (non-hydrogen) atoms. The van der Waals surface area contributed by atoms with Crippen LogP contribution in [0.25, 0.3) is 0 Å². The predicted molar refractivity (Wildman–Crippen MR) is 110 cm³/mol. The second-order valence-corrected chi connectivity index (χ2v) is 7.52. The Morgan fingerprint density at radius 2 is 1.64 bits per heavy atom. The van der Waals surface area contributed by atoms with Crippen LogP contribution in [0.2, 0.25) is 0 Å². The predicted octanol–water partition coefficient (Wildman–Crippen LogP) is 2.29. The number of hydrogen-bond donors (Lipinski definition) is 3. The first-order valence-electron chi connectivity index (χ1n) is 8.54. The van der Waals surface area contributed by atoms with Crippen LogP contribution in [0.5, 0.6) is 0 Å². The summed E-state index contributed by atoms with van der Waals surface area (Å²) < 4.78 is 14.9. The molecule has 0 fully saturated rings. The maximum absolute atomic E-state index is 13.9. The van der Waals surface area contributed by atoms with E-state index in [-0.39, 0.29) is 18.4 Å². The zero-order chi connectivity index (χ0) is 20.7. The molecule has 2 aromatic carbocycles. The second kappa shape index (κ2) is 10.2. The Bertz CT molecular complexity index is 858. The van der Waals surface area contributed by atoms with Crippen molar-refractivity contribution in [1.82, 2.24) is 10.6 Å². The first kappa shape index (κ1) is 21.8. The van der Waals surface area contributed by atoms with Crippen molar-refractivity contribution < 1.29 is 23.9 Å². The molecule has 6 nitrogen and oxygen atoms in total. The number of benzene rings is 2. The Balaban J connectivity index is 2.14. The lowest BCUT2D eigenvalue weighted by molar-refractivity contribution is -0.142. The third-order valence-electron chi connectivity index (χ3n) is 4.04. The fraction of sp³-hybridized carbons (Fsp3) is 0.250. The lowest BCUT2D eigenvalue weighted by atomic mass is 10.0. The molecule has 0 saturated carbocycles. The molecule has 0 aromatic heterocycles. The van der Waals surface area contributed by atoms with Crippen molar-refractivity contribution in [2.45, 2.75) is 31.8 Å². The molecule has 2 amide bonds. The van der Waals surface area contributed by atoms with Gasteiger partial charge in [0.1, 0.15) is 17.9 Å². The third kappa shape index (κ3) is 6.59. The van der Waals surface area contributed by atoms with E-state index in [0.717, 1.165) is 9.13 Å². The van der Waals surface area contributed by atoms with Gasteiger partial charge >= 0.3 is 5.97 Å². The van der Waals surface area contributed by atoms with Gasteiger partial charge in [-0.15, -0.1) is 0 Å². The van der Waals surface area contributed by atoms with Gasteiger partial charge in [0.15, 0.2) is 0 Å². The zero-order valence-corrected chi connectivity index (χ0v) is 17.3. The first-order valence-corrected chi connectivity index (χ1v) is 9.62. The molecule has 0 unspecified atom stereocenters. The summed E-state index contributed by atoms with van der Waals surface area (Å²) in [5.41, 5.74) is 0.999. The minimum absolute atomic E-state index is 0.0878. The minimum atomic E-state index is -1.20. The van der Waals surface area contributed by atoms with Gasteiger partial charge in [-0.2, -0.15) is 0 Å². The standard InChI is InChI=1S/C20H20FIN2O4/c1-12(25)23-17(11-14-4-2-3-5-16(14)21)19(26)24-18(20(27)28)10-13-6-8-15(22)9-7-13/h2-9,17-18H,10-11H2,1H3,(H,23,25)(H,24,26)(H,27,28)/t17-,18-/m1/s1. The van der Waals surface area contributed by atoms with Gasteiger partial charge in [-0.05, 0) is 51.9 Å². The summed E-state index contributed by atoms with van der Waals surface area (Å²) in [6.45, 7) is 1.24. The van der Waals surface area contributed by atoms with Crippen molar-refractivity contribution in [3.05, 3.63) is 69.0 Å². The molecule has 0 bridgehead atoms. The smallest absolute Gasteiger partial charge is 0.326 e. The Labute approximate surface area is 175 Å². The van der Waals surface area contributed by atoms with Crippen molar-refractivity contribution in [2.24, 2.45) is 0 Å². The van der Waals surface area contributed by atoms with Crippen molar-refractivity contribution >= 4 is 40.4 Å². The lowest BCUT2D eigenvalue weighted by Crippen LogP contribution is -2.52. The van der Waals surface area contributed by atoms with Gasteiger partial charge in [-0.25, -0.2) is 9.18 Å². The van der Waals surface area contributed by atoms with Crippen molar-refractivity contribution in [3.8, 4) is 0 Å². The number of carboxylic acid groups (broad SMARTS) is 1. The number of aliphatic carboxylic acids is 1. The Morgan fingerprint density at radius 1 is 1.00 bits per heavy atom. The molecular weight excluding hydrogens is 478 g/mol. The SMILES string of the molecule is CC(=O)N[C@H](Cc1ccccc1F)C(=O)N[C@H](Cc1ccc(I)cc1)C(=O)O. The summed E-state index contributed by atoms with van der Waals surface area (Å²) in [6, 6.07) is 10.9. The van der Waals surface area contributed by atoms with Crippen LogP contribution in [0.3, 0.4) is 0 Å². The van der Waals surface area contributed by atoms with E-state index in [2.05, 4.69) is 33.2 Å². The van der Waals surface area contributed by atoms with Crippen LogP contribution in [0.15, 0.2) is 48.5 Å². The second-order valence-electron chi connectivity index (χ2n) is 6.28. The highest BCUT2D eigenvalue weighted by Crippen LogP contribution is 2.11. The van der Waals surface area contributed by atoms with Gasteiger partial charge in [-0.1, -0.05) is 30.3 Å². The molecule has 0 spiro atoms. The van der Waals surface area contributed by atoms with E-state index >= 15 is 0 Å². The number of carboxylic acids is 1. The molecule has 2 atom stereocenters. The molecule has 3 N–H and O–H groups in total. The van der Waals surface area contributed by atoms with Gasteiger partial charge in [0.05, 0.1) is 0 Å². The highest BCUT2D eigenvalue weighted by molar-refractivity contribution is 14.1. The molecular formula is C20H20FIN2O4. The number of carbonyl (C=O) groups is 3. The third-order valence-corrected chi connectivity index (χ3v) is 4.76.